The molecule has 0 aromatic heterocycles. The average molecular weight is 669 g/mol. The van der Waals surface area contributed by atoms with Crippen LogP contribution in [0.15, 0.2) is 84.5 Å². The van der Waals surface area contributed by atoms with E-state index in [1.165, 1.54) is 42.5 Å². The first-order valence-electron chi connectivity index (χ1n) is 15.0. The van der Waals surface area contributed by atoms with Gasteiger partial charge in [-0.3, -0.25) is 0 Å². The highest BCUT2D eigenvalue weighted by Crippen LogP contribution is 2.54. The zero-order valence-corrected chi connectivity index (χ0v) is 26.7. The van der Waals surface area contributed by atoms with E-state index in [1.807, 2.05) is 0 Å². The standard InChI is InChI=1S/C35H38F6O6/c1-21-19-25(46-29(42)32(44-5,34(36,37)38)23-13-9-7-10-14-23)20-22(2)28-26(21)17-18-27(31(28,3)4)47-30(43)33(45-6,35(39,40)41)24-15-11-8-12-16-24/h7-16,20,25-28H,1,17-19H2,2-6H3/t25-,26+,27-,28+,32+,33+/m1/s1. The molecule has 2 aromatic rings. The van der Waals surface area contributed by atoms with Gasteiger partial charge in [0.2, 0.25) is 0 Å². The number of rotatable bonds is 8. The molecule has 0 saturated heterocycles. The minimum Gasteiger partial charge on any atom is -0.459 e. The molecule has 0 radical (unpaired) electrons. The van der Waals surface area contributed by atoms with Crippen molar-refractivity contribution < 1.29 is 54.9 Å². The molecular formula is C35H38F6O6. The van der Waals surface area contributed by atoms with Gasteiger partial charge in [-0.15, -0.1) is 0 Å². The monoisotopic (exact) mass is 668 g/mol. The number of carbonyl (C=O) groups excluding carboxylic acids is 2. The van der Waals surface area contributed by atoms with E-state index in [2.05, 4.69) is 6.58 Å². The first kappa shape index (κ1) is 36.2. The van der Waals surface area contributed by atoms with Gasteiger partial charge in [0.25, 0.3) is 11.2 Å². The molecule has 4 rings (SSSR count). The van der Waals surface area contributed by atoms with E-state index < -0.39 is 70.2 Å². The quantitative estimate of drug-likeness (QED) is 0.162. The zero-order chi connectivity index (χ0) is 35.0. The third-order valence-electron chi connectivity index (χ3n) is 9.55. The van der Waals surface area contributed by atoms with Gasteiger partial charge in [0.15, 0.2) is 0 Å². The lowest BCUT2D eigenvalue weighted by Gasteiger charge is -2.50. The lowest BCUT2D eigenvalue weighted by Crippen LogP contribution is -2.55. The van der Waals surface area contributed by atoms with Gasteiger partial charge in [-0.25, -0.2) is 9.59 Å². The van der Waals surface area contributed by atoms with Crippen LogP contribution in [0.3, 0.4) is 0 Å². The number of alkyl halides is 6. The summed E-state index contributed by atoms with van der Waals surface area (Å²) in [5.41, 5.74) is -7.44. The molecule has 0 unspecified atom stereocenters. The van der Waals surface area contributed by atoms with Crippen molar-refractivity contribution in [2.75, 3.05) is 14.2 Å². The van der Waals surface area contributed by atoms with Gasteiger partial charge >= 0.3 is 24.3 Å². The molecule has 0 aliphatic heterocycles. The number of hydrogen-bond acceptors (Lipinski definition) is 6. The van der Waals surface area contributed by atoms with Crippen LogP contribution < -0.4 is 0 Å². The molecular weight excluding hydrogens is 630 g/mol. The highest BCUT2D eigenvalue weighted by Gasteiger charge is 2.66. The van der Waals surface area contributed by atoms with Crippen molar-refractivity contribution in [2.45, 2.75) is 75.8 Å². The minimum absolute atomic E-state index is 0.00604. The number of fused-ring (bicyclic) bond motifs is 1. The normalized spacial score (nSPS) is 25.7. The van der Waals surface area contributed by atoms with Gasteiger partial charge in [0.05, 0.1) is 0 Å². The molecule has 0 bridgehead atoms. The van der Waals surface area contributed by atoms with Crippen molar-refractivity contribution >= 4 is 11.9 Å². The summed E-state index contributed by atoms with van der Waals surface area (Å²) in [4.78, 5) is 26.9. The average Bonchev–Trinajstić information content (AvgIpc) is 3.10. The molecule has 6 nitrogen and oxygen atoms in total. The van der Waals surface area contributed by atoms with Crippen LogP contribution in [-0.4, -0.2) is 50.7 Å². The maximum atomic E-state index is 14.6. The Morgan fingerprint density at radius 1 is 0.766 bits per heavy atom. The Morgan fingerprint density at radius 2 is 1.21 bits per heavy atom. The Kier molecular flexibility index (Phi) is 10.1. The fraction of sp³-hybridized carbons (Fsp3) is 0.486. The van der Waals surface area contributed by atoms with Crippen LogP contribution in [0.5, 0.6) is 0 Å². The van der Waals surface area contributed by atoms with Crippen molar-refractivity contribution in [3.63, 3.8) is 0 Å². The van der Waals surface area contributed by atoms with Gasteiger partial charge < -0.3 is 18.9 Å². The summed E-state index contributed by atoms with van der Waals surface area (Å²) in [6.07, 6.45) is -10.4. The second kappa shape index (κ2) is 13.1. The second-order valence-electron chi connectivity index (χ2n) is 12.6. The summed E-state index contributed by atoms with van der Waals surface area (Å²) in [6.45, 7) is 9.36. The molecule has 1 saturated carbocycles. The summed E-state index contributed by atoms with van der Waals surface area (Å²) in [5, 5.41) is 0. The van der Waals surface area contributed by atoms with Crippen LogP contribution in [-0.2, 0) is 39.7 Å². The van der Waals surface area contributed by atoms with E-state index >= 15 is 0 Å². The van der Waals surface area contributed by atoms with Crippen molar-refractivity contribution in [1.82, 2.24) is 0 Å². The van der Waals surface area contributed by atoms with Crippen molar-refractivity contribution in [3.8, 4) is 0 Å². The minimum atomic E-state index is -5.17. The van der Waals surface area contributed by atoms with Crippen molar-refractivity contribution in [3.05, 3.63) is 95.6 Å². The largest absolute Gasteiger partial charge is 0.459 e. The van der Waals surface area contributed by atoms with Crippen LogP contribution in [0.1, 0.15) is 51.2 Å². The Labute approximate surface area is 269 Å². The maximum Gasteiger partial charge on any atom is 0.432 e. The molecule has 1 fully saturated rings. The molecule has 0 amide bonds. The lowest BCUT2D eigenvalue weighted by molar-refractivity contribution is -0.281. The van der Waals surface area contributed by atoms with Crippen LogP contribution >= 0.6 is 0 Å². The van der Waals surface area contributed by atoms with Gasteiger partial charge in [-0.1, -0.05) is 92.2 Å². The van der Waals surface area contributed by atoms with Crippen LogP contribution in [0.4, 0.5) is 26.3 Å². The second-order valence-corrected chi connectivity index (χ2v) is 12.6. The number of allylic oxidation sites excluding steroid dienone is 1. The third-order valence-corrected chi connectivity index (χ3v) is 9.55. The Morgan fingerprint density at radius 3 is 1.64 bits per heavy atom. The molecule has 0 heterocycles. The number of ether oxygens (including phenoxy) is 4. The van der Waals surface area contributed by atoms with Gasteiger partial charge in [-0.2, -0.15) is 26.3 Å². The van der Waals surface area contributed by atoms with Gasteiger partial charge in [-0.05, 0) is 37.7 Å². The van der Waals surface area contributed by atoms with E-state index in [9.17, 15) is 35.9 Å². The fourth-order valence-corrected chi connectivity index (χ4v) is 7.29. The molecule has 2 aliphatic carbocycles. The number of halogens is 6. The number of benzene rings is 2. The molecule has 47 heavy (non-hydrogen) atoms. The topological polar surface area (TPSA) is 71.1 Å². The van der Waals surface area contributed by atoms with Gasteiger partial charge in [0, 0.05) is 37.2 Å². The maximum absolute atomic E-state index is 14.6. The molecule has 2 aromatic carbocycles. The predicted molar refractivity (Wildman–Crippen MR) is 160 cm³/mol. The van der Waals surface area contributed by atoms with Crippen molar-refractivity contribution in [1.29, 1.82) is 0 Å². The summed E-state index contributed by atoms with van der Waals surface area (Å²) in [7, 11) is 1.57. The molecule has 0 N–H and O–H groups in total. The third kappa shape index (κ3) is 6.22. The van der Waals surface area contributed by atoms with E-state index in [0.717, 1.165) is 38.5 Å². The van der Waals surface area contributed by atoms with Crippen LogP contribution in [0, 0.1) is 17.3 Å². The summed E-state index contributed by atoms with van der Waals surface area (Å²) in [6, 6.07) is 12.9. The highest BCUT2D eigenvalue weighted by atomic mass is 19.4. The number of esters is 2. The predicted octanol–water partition coefficient (Wildman–Crippen LogP) is 7.98. The van der Waals surface area contributed by atoms with Crippen LogP contribution in [0.25, 0.3) is 0 Å². The SMILES string of the molecule is C=C1C[C@@H](OC(=O)[C@@](OC)(c2ccccc2)C(F)(F)F)C=C(C)[C@H]2[C@H]1CC[C@@H](OC(=O)[C@@](OC)(c1ccccc1)C(F)(F)F)C2(C)C. The van der Waals surface area contributed by atoms with E-state index in [-0.39, 0.29) is 18.8 Å². The number of carbonyl (C=O) groups is 2. The summed E-state index contributed by atoms with van der Waals surface area (Å²) >= 11 is 0. The molecule has 2 aliphatic rings. The lowest BCUT2D eigenvalue weighted by atomic mass is 9.58. The Bertz CT molecular complexity index is 1490. The first-order chi connectivity index (χ1) is 21.9. The molecule has 6 atom stereocenters. The zero-order valence-electron chi connectivity index (χ0n) is 26.7. The Hall–Kier alpha value is -3.64. The highest BCUT2D eigenvalue weighted by molar-refractivity contribution is 5.83. The summed E-state index contributed by atoms with van der Waals surface area (Å²) in [5.74, 6) is -4.01. The summed E-state index contributed by atoms with van der Waals surface area (Å²) < 4.78 is 108. The van der Waals surface area contributed by atoms with Gasteiger partial charge in [0.1, 0.15) is 12.2 Å². The molecule has 0 spiro atoms. The van der Waals surface area contributed by atoms with E-state index in [1.54, 1.807) is 20.8 Å². The van der Waals surface area contributed by atoms with Crippen molar-refractivity contribution in [2.24, 2.45) is 17.3 Å². The fourth-order valence-electron chi connectivity index (χ4n) is 7.29. The smallest absolute Gasteiger partial charge is 0.432 e. The van der Waals surface area contributed by atoms with Crippen LogP contribution in [0.2, 0.25) is 0 Å². The van der Waals surface area contributed by atoms with E-state index in [0.29, 0.717) is 17.6 Å². The molecule has 12 heteroatoms. The Balaban J connectivity index is 1.65. The van der Waals surface area contributed by atoms with E-state index in [4.69, 9.17) is 18.9 Å². The molecule has 256 valence electrons. The number of hydrogen-bond donors (Lipinski definition) is 0. The number of methoxy groups -OCH3 is 2. The first-order valence-corrected chi connectivity index (χ1v) is 15.0.